The fourth-order valence-corrected chi connectivity index (χ4v) is 2.00. The van der Waals surface area contributed by atoms with Gasteiger partial charge < -0.3 is 4.74 Å². The molecule has 1 aliphatic rings. The quantitative estimate of drug-likeness (QED) is 0.638. The molecule has 0 aromatic rings. The van der Waals surface area contributed by atoms with E-state index >= 15 is 0 Å². The number of methoxy groups -OCH3 is 1. The van der Waals surface area contributed by atoms with E-state index in [2.05, 4.69) is 13.8 Å². The van der Waals surface area contributed by atoms with Crippen LogP contribution in [0.5, 0.6) is 0 Å². The second-order valence-electron chi connectivity index (χ2n) is 4.03. The molecule has 0 N–H and O–H groups in total. The Bertz CT molecular complexity index is 110. The van der Waals surface area contributed by atoms with E-state index in [1.54, 1.807) is 0 Å². The Morgan fingerprint density at radius 1 is 1.00 bits per heavy atom. The van der Waals surface area contributed by atoms with Crippen molar-refractivity contribution in [3.63, 3.8) is 0 Å². The van der Waals surface area contributed by atoms with Crippen molar-refractivity contribution >= 4 is 0 Å². The van der Waals surface area contributed by atoms with Gasteiger partial charge in [0.05, 0.1) is 6.10 Å². The van der Waals surface area contributed by atoms with Crippen LogP contribution in [0.3, 0.4) is 0 Å². The Morgan fingerprint density at radius 2 is 1.53 bits per heavy atom. The number of ether oxygens (including phenoxy) is 1. The summed E-state index contributed by atoms with van der Waals surface area (Å²) in [6.45, 7) is 12.6. The molecule has 0 amide bonds. The summed E-state index contributed by atoms with van der Waals surface area (Å²) >= 11 is 0. The van der Waals surface area contributed by atoms with Gasteiger partial charge in [-0.3, -0.25) is 0 Å². The largest absolute Gasteiger partial charge is 0.381 e. The molecule has 1 heteroatoms. The fourth-order valence-electron chi connectivity index (χ4n) is 2.00. The monoisotopic (exact) mass is 216 g/mol. The maximum absolute atomic E-state index is 5.37. The third-order valence-corrected chi connectivity index (χ3v) is 2.94. The van der Waals surface area contributed by atoms with E-state index < -0.39 is 0 Å². The van der Waals surface area contributed by atoms with Gasteiger partial charge in [-0.25, -0.2) is 0 Å². The van der Waals surface area contributed by atoms with Crippen LogP contribution in [0.4, 0.5) is 0 Å². The molecule has 0 heterocycles. The molecule has 2 atom stereocenters. The molecular formula is C14H32O. The second-order valence-corrected chi connectivity index (χ2v) is 4.03. The minimum atomic E-state index is 0.552. The lowest BCUT2D eigenvalue weighted by molar-refractivity contribution is 0.0408. The Morgan fingerprint density at radius 3 is 1.93 bits per heavy atom. The molecule has 1 nitrogen and oxygen atoms in total. The highest BCUT2D eigenvalue weighted by molar-refractivity contribution is 4.74. The Balaban J connectivity index is 0. The van der Waals surface area contributed by atoms with E-state index in [-0.39, 0.29) is 0 Å². The summed E-state index contributed by atoms with van der Waals surface area (Å²) in [5.74, 6) is 1.75. The highest BCUT2D eigenvalue weighted by Crippen LogP contribution is 2.30. The molecule has 0 aliphatic heterocycles. The van der Waals surface area contributed by atoms with Crippen molar-refractivity contribution < 1.29 is 4.74 Å². The minimum absolute atomic E-state index is 0.552. The molecule has 0 aromatic heterocycles. The molecule has 0 radical (unpaired) electrons. The second kappa shape index (κ2) is 12.0. The van der Waals surface area contributed by atoms with E-state index in [0.717, 1.165) is 11.8 Å². The summed E-state index contributed by atoms with van der Waals surface area (Å²) in [7, 11) is 1.84. The van der Waals surface area contributed by atoms with Gasteiger partial charge in [0, 0.05) is 7.11 Å². The fraction of sp³-hybridized carbons (Fsp3) is 1.00. The van der Waals surface area contributed by atoms with Gasteiger partial charge in [0.1, 0.15) is 0 Å². The van der Waals surface area contributed by atoms with Crippen molar-refractivity contribution in [3.8, 4) is 0 Å². The highest BCUT2D eigenvalue weighted by atomic mass is 16.5. The van der Waals surface area contributed by atoms with Gasteiger partial charge in [0.25, 0.3) is 0 Å². The topological polar surface area (TPSA) is 9.23 Å². The zero-order chi connectivity index (χ0) is 12.3. The Labute approximate surface area is 97.6 Å². The molecule has 94 valence electrons. The molecule has 0 aromatic carbocycles. The molecule has 1 fully saturated rings. The summed E-state index contributed by atoms with van der Waals surface area (Å²) in [5, 5.41) is 0. The molecule has 2 unspecified atom stereocenters. The molecule has 0 saturated heterocycles. The van der Waals surface area contributed by atoms with Gasteiger partial charge in [0.15, 0.2) is 0 Å². The van der Waals surface area contributed by atoms with Gasteiger partial charge >= 0.3 is 0 Å². The molecule has 1 aliphatic carbocycles. The zero-order valence-electron chi connectivity index (χ0n) is 12.0. The van der Waals surface area contributed by atoms with Crippen LogP contribution in [-0.4, -0.2) is 13.2 Å². The van der Waals surface area contributed by atoms with Crippen molar-refractivity contribution in [2.45, 2.75) is 73.3 Å². The van der Waals surface area contributed by atoms with Gasteiger partial charge in [-0.1, -0.05) is 54.4 Å². The van der Waals surface area contributed by atoms with Crippen LogP contribution in [0.15, 0.2) is 0 Å². The van der Waals surface area contributed by atoms with Crippen LogP contribution in [0, 0.1) is 11.8 Å². The molecular weight excluding hydrogens is 184 g/mol. The summed E-state index contributed by atoms with van der Waals surface area (Å²) in [6, 6.07) is 0. The lowest BCUT2D eigenvalue weighted by Gasteiger charge is -2.30. The molecule has 0 spiro atoms. The smallest absolute Gasteiger partial charge is 0.0574 e. The van der Waals surface area contributed by atoms with Crippen molar-refractivity contribution in [3.05, 3.63) is 0 Å². The Hall–Kier alpha value is -0.0400. The average molecular weight is 216 g/mol. The SMILES string of the molecule is CC.CC.COC1CCCC(C(C)C)C1. The van der Waals surface area contributed by atoms with Crippen LogP contribution < -0.4 is 0 Å². The summed E-state index contributed by atoms with van der Waals surface area (Å²) in [5.41, 5.74) is 0. The minimum Gasteiger partial charge on any atom is -0.381 e. The highest BCUT2D eigenvalue weighted by Gasteiger charge is 2.23. The molecule has 1 saturated carbocycles. The van der Waals surface area contributed by atoms with Gasteiger partial charge in [-0.05, 0) is 24.7 Å². The summed E-state index contributed by atoms with van der Waals surface area (Å²) in [6.07, 6.45) is 5.89. The normalized spacial score (nSPS) is 24.8. The first-order valence-corrected chi connectivity index (χ1v) is 6.76. The van der Waals surface area contributed by atoms with Crippen LogP contribution in [0.2, 0.25) is 0 Å². The molecule has 1 rings (SSSR count). The van der Waals surface area contributed by atoms with Gasteiger partial charge in [0.2, 0.25) is 0 Å². The zero-order valence-corrected chi connectivity index (χ0v) is 12.0. The van der Waals surface area contributed by atoms with Crippen LogP contribution in [-0.2, 0) is 4.74 Å². The van der Waals surface area contributed by atoms with Crippen LogP contribution >= 0.6 is 0 Å². The van der Waals surface area contributed by atoms with E-state index in [1.807, 2.05) is 34.8 Å². The third-order valence-electron chi connectivity index (χ3n) is 2.94. The first kappa shape index (κ1) is 17.4. The standard InChI is InChI=1S/C10H20O.2C2H6/c1-8(2)9-5-4-6-10(7-9)11-3;2*1-2/h8-10H,4-7H2,1-3H3;2*1-2H3. The lowest BCUT2D eigenvalue weighted by atomic mass is 9.80. The number of hydrogen-bond acceptors (Lipinski definition) is 1. The first-order valence-electron chi connectivity index (χ1n) is 6.76. The maximum atomic E-state index is 5.37. The van der Waals surface area contributed by atoms with Crippen molar-refractivity contribution in [2.75, 3.05) is 7.11 Å². The number of rotatable bonds is 2. The predicted molar refractivity (Wildman–Crippen MR) is 70.3 cm³/mol. The van der Waals surface area contributed by atoms with Crippen molar-refractivity contribution in [1.82, 2.24) is 0 Å². The van der Waals surface area contributed by atoms with Crippen LogP contribution in [0.1, 0.15) is 67.2 Å². The van der Waals surface area contributed by atoms with Crippen molar-refractivity contribution in [2.24, 2.45) is 11.8 Å². The van der Waals surface area contributed by atoms with E-state index in [0.29, 0.717) is 6.10 Å². The van der Waals surface area contributed by atoms with E-state index in [4.69, 9.17) is 4.74 Å². The van der Waals surface area contributed by atoms with Crippen LogP contribution in [0.25, 0.3) is 0 Å². The van der Waals surface area contributed by atoms with Gasteiger partial charge in [-0.2, -0.15) is 0 Å². The van der Waals surface area contributed by atoms with Gasteiger partial charge in [-0.15, -0.1) is 0 Å². The number of hydrogen-bond donors (Lipinski definition) is 0. The van der Waals surface area contributed by atoms with E-state index in [1.165, 1.54) is 25.7 Å². The Kier molecular flexibility index (Phi) is 13.9. The molecule has 15 heavy (non-hydrogen) atoms. The lowest BCUT2D eigenvalue weighted by Crippen LogP contribution is -2.24. The average Bonchev–Trinajstić information content (AvgIpc) is 2.34. The summed E-state index contributed by atoms with van der Waals surface area (Å²) < 4.78 is 5.37. The van der Waals surface area contributed by atoms with E-state index in [9.17, 15) is 0 Å². The van der Waals surface area contributed by atoms with Crippen molar-refractivity contribution in [1.29, 1.82) is 0 Å². The third kappa shape index (κ3) is 7.84. The molecule has 0 bridgehead atoms. The summed E-state index contributed by atoms with van der Waals surface area (Å²) in [4.78, 5) is 0. The first-order chi connectivity index (χ1) is 7.24. The predicted octanol–water partition coefficient (Wildman–Crippen LogP) is 4.90. The maximum Gasteiger partial charge on any atom is 0.0574 e.